The molecule has 2 saturated carbocycles. The van der Waals surface area contributed by atoms with Crippen LogP contribution < -0.4 is 0 Å². The number of carbonyl (C=O) groups is 1. The van der Waals surface area contributed by atoms with Crippen LogP contribution in [0, 0.1) is 23.7 Å². The summed E-state index contributed by atoms with van der Waals surface area (Å²) < 4.78 is 0. The molecule has 3 N–H and O–H groups in total. The number of carboxylic acid groups (broad SMARTS) is 1. The van der Waals surface area contributed by atoms with Crippen molar-refractivity contribution in [1.29, 1.82) is 0 Å². The number of carboxylic acids is 1. The van der Waals surface area contributed by atoms with Crippen LogP contribution in [0.4, 0.5) is 0 Å². The number of hydrogen-bond donors (Lipinski definition) is 3. The highest BCUT2D eigenvalue weighted by Gasteiger charge is 2.51. The number of oxime groups is 1. The van der Waals surface area contributed by atoms with Crippen molar-refractivity contribution in [2.45, 2.75) is 77.4 Å². The normalized spacial score (nSPS) is 31.0. The molecular weight excluding hydrogens is 322 g/mol. The van der Waals surface area contributed by atoms with E-state index in [1.165, 1.54) is 12.8 Å². The van der Waals surface area contributed by atoms with Gasteiger partial charge in [0.25, 0.3) is 0 Å². The molecule has 0 aliphatic heterocycles. The van der Waals surface area contributed by atoms with Gasteiger partial charge < -0.3 is 20.2 Å². The molecule has 144 valence electrons. The number of aliphatic carboxylic acids is 1. The number of rotatable bonds is 11. The maximum atomic E-state index is 10.4. The summed E-state index contributed by atoms with van der Waals surface area (Å²) in [6, 6.07) is 0. The molecule has 0 aromatic heterocycles. The van der Waals surface area contributed by atoms with Gasteiger partial charge in [-0.15, -0.1) is 0 Å². The van der Waals surface area contributed by atoms with Gasteiger partial charge in [0.2, 0.25) is 6.61 Å². The van der Waals surface area contributed by atoms with Crippen molar-refractivity contribution >= 4 is 11.7 Å². The summed E-state index contributed by atoms with van der Waals surface area (Å²) in [7, 11) is 0. The van der Waals surface area contributed by atoms with Crippen molar-refractivity contribution in [2.75, 3.05) is 6.61 Å². The smallest absolute Gasteiger partial charge is 0.344 e. The number of aliphatic hydroxyl groups is 2. The topological polar surface area (TPSA) is 99.4 Å². The Morgan fingerprint density at radius 2 is 2.00 bits per heavy atom. The zero-order valence-electron chi connectivity index (χ0n) is 15.4. The average Bonchev–Trinajstić information content (AvgIpc) is 2.81. The second kappa shape index (κ2) is 9.53. The van der Waals surface area contributed by atoms with Crippen molar-refractivity contribution in [3.05, 3.63) is 0 Å². The van der Waals surface area contributed by atoms with E-state index in [2.05, 4.69) is 19.0 Å². The molecule has 2 aliphatic rings. The number of hydrogen-bond acceptors (Lipinski definition) is 5. The van der Waals surface area contributed by atoms with E-state index < -0.39 is 12.6 Å². The third kappa shape index (κ3) is 5.42. The van der Waals surface area contributed by atoms with Gasteiger partial charge in [0.05, 0.1) is 17.9 Å². The molecule has 0 spiro atoms. The maximum Gasteiger partial charge on any atom is 0.344 e. The fourth-order valence-electron chi connectivity index (χ4n) is 4.44. The second-order valence-electron chi connectivity index (χ2n) is 7.68. The SMILES string of the molecule is CCC(CC)CCC(O)CCC1C(O)CC2/C(=N\OCC(=O)O)CC21. The first-order valence-electron chi connectivity index (χ1n) is 9.72. The van der Waals surface area contributed by atoms with E-state index in [0.717, 1.165) is 37.8 Å². The van der Waals surface area contributed by atoms with Gasteiger partial charge >= 0.3 is 5.97 Å². The van der Waals surface area contributed by atoms with Crippen LogP contribution in [0.25, 0.3) is 0 Å². The minimum Gasteiger partial charge on any atom is -0.479 e. The summed E-state index contributed by atoms with van der Waals surface area (Å²) in [5, 5.41) is 33.1. The summed E-state index contributed by atoms with van der Waals surface area (Å²) in [5.41, 5.74) is 0.877. The Hall–Kier alpha value is -1.14. The van der Waals surface area contributed by atoms with Gasteiger partial charge in [0.15, 0.2) is 0 Å². The van der Waals surface area contributed by atoms with Gasteiger partial charge in [-0.25, -0.2) is 4.79 Å². The van der Waals surface area contributed by atoms with Crippen molar-refractivity contribution in [3.8, 4) is 0 Å². The zero-order valence-corrected chi connectivity index (χ0v) is 15.4. The second-order valence-corrected chi connectivity index (χ2v) is 7.68. The van der Waals surface area contributed by atoms with E-state index >= 15 is 0 Å². The highest BCUT2D eigenvalue weighted by atomic mass is 16.6. The molecule has 25 heavy (non-hydrogen) atoms. The van der Waals surface area contributed by atoms with E-state index in [0.29, 0.717) is 18.3 Å². The Kier molecular flexibility index (Phi) is 7.69. The zero-order chi connectivity index (χ0) is 18.4. The molecule has 6 heteroatoms. The molecule has 0 radical (unpaired) electrons. The molecule has 0 aromatic rings. The van der Waals surface area contributed by atoms with E-state index in [1.807, 2.05) is 0 Å². The molecule has 2 aliphatic carbocycles. The van der Waals surface area contributed by atoms with Crippen LogP contribution in [0.3, 0.4) is 0 Å². The first-order chi connectivity index (χ1) is 12.0. The monoisotopic (exact) mass is 355 g/mol. The van der Waals surface area contributed by atoms with E-state index in [9.17, 15) is 15.0 Å². The molecule has 5 atom stereocenters. The Balaban J connectivity index is 1.72. The van der Waals surface area contributed by atoms with Crippen LogP contribution in [0.15, 0.2) is 5.16 Å². The van der Waals surface area contributed by atoms with E-state index in [4.69, 9.17) is 9.94 Å². The number of fused-ring (bicyclic) bond motifs is 1. The standard InChI is InChI=1S/C19H33NO5/c1-3-12(4-2)5-6-13(21)7-8-14-15-9-17(16(15)10-18(14)22)20-25-11-19(23)24/h12-16,18,21-22H,3-11H2,1-2H3,(H,23,24)/b20-17-. The van der Waals surface area contributed by atoms with Crippen LogP contribution in [0.5, 0.6) is 0 Å². The average molecular weight is 355 g/mol. The summed E-state index contributed by atoms with van der Waals surface area (Å²) in [6.07, 6.45) is 6.66. The summed E-state index contributed by atoms with van der Waals surface area (Å²) in [5.74, 6) is 0.495. The van der Waals surface area contributed by atoms with Gasteiger partial charge in [-0.2, -0.15) is 0 Å². The molecule has 0 bridgehead atoms. The van der Waals surface area contributed by atoms with Crippen LogP contribution in [-0.2, 0) is 9.63 Å². The molecule has 0 heterocycles. The van der Waals surface area contributed by atoms with E-state index in [1.54, 1.807) is 0 Å². The van der Waals surface area contributed by atoms with E-state index in [-0.39, 0.29) is 24.0 Å². The first kappa shape index (κ1) is 20.2. The van der Waals surface area contributed by atoms with Crippen molar-refractivity contribution in [2.24, 2.45) is 28.8 Å². The molecular formula is C19H33NO5. The molecule has 0 amide bonds. The lowest BCUT2D eigenvalue weighted by Crippen LogP contribution is -2.37. The Labute approximate surface area is 150 Å². The number of aliphatic hydroxyl groups excluding tert-OH is 2. The minimum atomic E-state index is -1.04. The third-order valence-electron chi connectivity index (χ3n) is 6.20. The molecule has 0 saturated heterocycles. The van der Waals surface area contributed by atoms with Crippen molar-refractivity contribution in [3.63, 3.8) is 0 Å². The lowest BCUT2D eigenvalue weighted by molar-refractivity contribution is -0.142. The van der Waals surface area contributed by atoms with Gasteiger partial charge in [0.1, 0.15) is 0 Å². The van der Waals surface area contributed by atoms with Crippen LogP contribution in [0.1, 0.15) is 65.2 Å². The van der Waals surface area contributed by atoms with Crippen LogP contribution >= 0.6 is 0 Å². The minimum absolute atomic E-state index is 0.214. The first-order valence-corrected chi connectivity index (χ1v) is 9.72. The predicted molar refractivity (Wildman–Crippen MR) is 95.3 cm³/mol. The highest BCUT2D eigenvalue weighted by molar-refractivity contribution is 5.93. The predicted octanol–water partition coefficient (Wildman–Crippen LogP) is 2.82. The van der Waals surface area contributed by atoms with Crippen molar-refractivity contribution in [1.82, 2.24) is 0 Å². The van der Waals surface area contributed by atoms with Gasteiger partial charge in [-0.3, -0.25) is 0 Å². The fourth-order valence-corrected chi connectivity index (χ4v) is 4.44. The molecule has 6 nitrogen and oxygen atoms in total. The quantitative estimate of drug-likeness (QED) is 0.495. The van der Waals surface area contributed by atoms with Gasteiger partial charge in [-0.05, 0) is 56.3 Å². The summed E-state index contributed by atoms with van der Waals surface area (Å²) in [6.45, 7) is 3.98. The third-order valence-corrected chi connectivity index (χ3v) is 6.20. The Bertz CT molecular complexity index is 463. The molecule has 2 fully saturated rings. The Morgan fingerprint density at radius 3 is 2.64 bits per heavy atom. The molecule has 0 aromatic carbocycles. The Morgan fingerprint density at radius 1 is 1.28 bits per heavy atom. The summed E-state index contributed by atoms with van der Waals surface area (Å²) in [4.78, 5) is 15.3. The molecule has 2 rings (SSSR count). The van der Waals surface area contributed by atoms with Crippen LogP contribution in [-0.4, -0.2) is 45.8 Å². The lowest BCUT2D eigenvalue weighted by atomic mass is 9.70. The largest absolute Gasteiger partial charge is 0.479 e. The van der Waals surface area contributed by atoms with Gasteiger partial charge in [0, 0.05) is 5.92 Å². The van der Waals surface area contributed by atoms with Crippen molar-refractivity contribution < 1.29 is 25.0 Å². The fraction of sp³-hybridized carbons (Fsp3) is 0.895. The van der Waals surface area contributed by atoms with Crippen LogP contribution in [0.2, 0.25) is 0 Å². The molecule has 5 unspecified atom stereocenters. The number of nitrogens with zero attached hydrogens (tertiary/aromatic N) is 1. The maximum absolute atomic E-state index is 10.4. The van der Waals surface area contributed by atoms with Gasteiger partial charge in [-0.1, -0.05) is 31.8 Å². The highest BCUT2D eigenvalue weighted by Crippen LogP contribution is 2.50. The summed E-state index contributed by atoms with van der Waals surface area (Å²) >= 11 is 0. The lowest BCUT2D eigenvalue weighted by Gasteiger charge is -2.35.